The van der Waals surface area contributed by atoms with Crippen LogP contribution in [0.15, 0.2) is 73.1 Å². The van der Waals surface area contributed by atoms with E-state index in [-0.39, 0.29) is 5.91 Å². The van der Waals surface area contributed by atoms with Crippen LogP contribution in [0.4, 0.5) is 5.69 Å². The molecule has 0 radical (unpaired) electrons. The van der Waals surface area contributed by atoms with Gasteiger partial charge in [0.15, 0.2) is 0 Å². The van der Waals surface area contributed by atoms with Crippen LogP contribution in [-0.2, 0) is 0 Å². The molecule has 33 heavy (non-hydrogen) atoms. The van der Waals surface area contributed by atoms with E-state index in [1.807, 2.05) is 53.4 Å². The van der Waals surface area contributed by atoms with Gasteiger partial charge in [0.1, 0.15) is 5.75 Å². The summed E-state index contributed by atoms with van der Waals surface area (Å²) in [5.74, 6) is 0.822. The van der Waals surface area contributed by atoms with Gasteiger partial charge in [0, 0.05) is 54.5 Å². The van der Waals surface area contributed by atoms with Gasteiger partial charge in [-0.3, -0.25) is 9.78 Å². The normalized spacial score (nSPS) is 13.9. The Kier molecular flexibility index (Phi) is 5.84. The first-order chi connectivity index (χ1) is 16.1. The van der Waals surface area contributed by atoms with E-state index in [9.17, 15) is 4.79 Å². The topological polar surface area (TPSA) is 58.6 Å². The molecule has 7 heteroatoms. The summed E-state index contributed by atoms with van der Waals surface area (Å²) in [5.41, 5.74) is 3.97. The van der Waals surface area contributed by atoms with E-state index in [1.165, 1.54) is 0 Å². The first kappa shape index (κ1) is 21.2. The molecule has 0 N–H and O–H groups in total. The molecule has 5 rings (SSSR count). The smallest absolute Gasteiger partial charge is 0.254 e. The number of rotatable bonds is 4. The standard InChI is InChI=1S/C26H23ClN4O2/c1-33-25-7-3-2-6-24(25)30-11-13-31(14-12-30)26(32)21-16-23(18-5-4-10-28-17-18)29-22-9-8-19(27)15-20(21)22/h2-10,15-17H,11-14H2,1H3. The Morgan fingerprint density at radius 2 is 1.82 bits per heavy atom. The van der Waals surface area contributed by atoms with E-state index in [0.29, 0.717) is 29.4 Å². The number of piperazine rings is 1. The summed E-state index contributed by atoms with van der Waals surface area (Å²) in [5, 5.41) is 1.33. The van der Waals surface area contributed by atoms with Gasteiger partial charge in [0.25, 0.3) is 5.91 Å². The number of methoxy groups -OCH3 is 1. The zero-order valence-electron chi connectivity index (χ0n) is 18.2. The van der Waals surface area contributed by atoms with Crippen molar-refractivity contribution in [3.8, 4) is 17.0 Å². The van der Waals surface area contributed by atoms with Crippen LogP contribution in [0.25, 0.3) is 22.2 Å². The molecule has 1 saturated heterocycles. The number of ether oxygens (including phenoxy) is 1. The van der Waals surface area contributed by atoms with E-state index < -0.39 is 0 Å². The van der Waals surface area contributed by atoms with Crippen LogP contribution in [0.1, 0.15) is 10.4 Å². The number of anilines is 1. The van der Waals surface area contributed by atoms with E-state index in [4.69, 9.17) is 21.3 Å². The minimum absolute atomic E-state index is 0.0190. The molecule has 6 nitrogen and oxygen atoms in total. The Bertz CT molecular complexity index is 1300. The lowest BCUT2D eigenvalue weighted by Gasteiger charge is -2.36. The summed E-state index contributed by atoms with van der Waals surface area (Å²) >= 11 is 6.27. The third-order valence-corrected chi connectivity index (χ3v) is 6.19. The number of carbonyl (C=O) groups is 1. The largest absolute Gasteiger partial charge is 0.495 e. The molecular formula is C26H23ClN4O2. The third-order valence-electron chi connectivity index (χ3n) is 5.95. The average Bonchev–Trinajstić information content (AvgIpc) is 2.88. The Labute approximate surface area is 197 Å². The van der Waals surface area contributed by atoms with Crippen LogP contribution in [0.2, 0.25) is 5.02 Å². The number of fused-ring (bicyclic) bond motifs is 1. The lowest BCUT2D eigenvalue weighted by atomic mass is 10.0. The quantitative estimate of drug-likeness (QED) is 0.434. The average molecular weight is 459 g/mol. The van der Waals surface area contributed by atoms with Crippen molar-refractivity contribution in [1.82, 2.24) is 14.9 Å². The lowest BCUT2D eigenvalue weighted by molar-refractivity contribution is 0.0748. The molecule has 1 amide bonds. The van der Waals surface area contributed by atoms with Gasteiger partial charge in [-0.1, -0.05) is 23.7 Å². The summed E-state index contributed by atoms with van der Waals surface area (Å²) in [6, 6.07) is 19.1. The van der Waals surface area contributed by atoms with Crippen LogP contribution >= 0.6 is 11.6 Å². The number of hydrogen-bond acceptors (Lipinski definition) is 5. The number of halogens is 1. The highest BCUT2D eigenvalue weighted by Gasteiger charge is 2.25. The molecule has 0 atom stereocenters. The molecule has 1 aliphatic rings. The number of benzene rings is 2. The molecular weight excluding hydrogens is 436 g/mol. The first-order valence-corrected chi connectivity index (χ1v) is 11.2. The van der Waals surface area contributed by atoms with E-state index in [0.717, 1.165) is 41.0 Å². The first-order valence-electron chi connectivity index (χ1n) is 10.8. The monoisotopic (exact) mass is 458 g/mol. The minimum Gasteiger partial charge on any atom is -0.495 e. The molecule has 166 valence electrons. The number of hydrogen-bond donors (Lipinski definition) is 0. The molecule has 0 saturated carbocycles. The SMILES string of the molecule is COc1ccccc1N1CCN(C(=O)c2cc(-c3cccnc3)nc3ccc(Cl)cc23)CC1. The highest BCUT2D eigenvalue weighted by atomic mass is 35.5. The van der Waals surface area contributed by atoms with Crippen molar-refractivity contribution in [2.75, 3.05) is 38.2 Å². The van der Waals surface area contributed by atoms with Crippen molar-refractivity contribution >= 4 is 34.1 Å². The summed E-state index contributed by atoms with van der Waals surface area (Å²) in [6.45, 7) is 2.68. The minimum atomic E-state index is -0.0190. The molecule has 1 aliphatic heterocycles. The summed E-state index contributed by atoms with van der Waals surface area (Å²) < 4.78 is 5.51. The summed E-state index contributed by atoms with van der Waals surface area (Å²) in [7, 11) is 1.68. The highest BCUT2D eigenvalue weighted by molar-refractivity contribution is 6.31. The molecule has 0 aliphatic carbocycles. The van der Waals surface area contributed by atoms with Crippen LogP contribution in [-0.4, -0.2) is 54.1 Å². The van der Waals surface area contributed by atoms with Crippen molar-refractivity contribution in [3.63, 3.8) is 0 Å². The van der Waals surface area contributed by atoms with Crippen molar-refractivity contribution < 1.29 is 9.53 Å². The molecule has 4 aromatic rings. The predicted molar refractivity (Wildman–Crippen MR) is 131 cm³/mol. The molecule has 2 aromatic carbocycles. The van der Waals surface area contributed by atoms with E-state index in [1.54, 1.807) is 25.6 Å². The van der Waals surface area contributed by atoms with Gasteiger partial charge in [0.2, 0.25) is 0 Å². The van der Waals surface area contributed by atoms with Gasteiger partial charge in [-0.05, 0) is 48.5 Å². The Morgan fingerprint density at radius 3 is 2.58 bits per heavy atom. The zero-order chi connectivity index (χ0) is 22.8. The maximum absolute atomic E-state index is 13.7. The van der Waals surface area contributed by atoms with Crippen molar-refractivity contribution in [1.29, 1.82) is 0 Å². The fourth-order valence-electron chi connectivity index (χ4n) is 4.25. The highest BCUT2D eigenvalue weighted by Crippen LogP contribution is 2.30. The predicted octanol–water partition coefficient (Wildman–Crippen LogP) is 4.92. The van der Waals surface area contributed by atoms with Gasteiger partial charge in [0.05, 0.1) is 29.6 Å². The van der Waals surface area contributed by atoms with Crippen molar-refractivity contribution in [2.45, 2.75) is 0 Å². The summed E-state index contributed by atoms with van der Waals surface area (Å²) in [6.07, 6.45) is 3.47. The molecule has 2 aromatic heterocycles. The maximum atomic E-state index is 13.7. The van der Waals surface area contributed by atoms with Crippen molar-refractivity contribution in [2.24, 2.45) is 0 Å². The summed E-state index contributed by atoms with van der Waals surface area (Å²) in [4.78, 5) is 26.8. The molecule has 0 spiro atoms. The molecule has 3 heterocycles. The molecule has 0 bridgehead atoms. The molecule has 0 unspecified atom stereocenters. The van der Waals surface area contributed by atoms with Gasteiger partial charge in [-0.25, -0.2) is 4.98 Å². The van der Waals surface area contributed by atoms with Gasteiger partial charge < -0.3 is 14.5 Å². The number of carbonyl (C=O) groups excluding carboxylic acids is 1. The second-order valence-electron chi connectivity index (χ2n) is 7.91. The Hall–Kier alpha value is -3.64. The number of aromatic nitrogens is 2. The van der Waals surface area contributed by atoms with E-state index in [2.05, 4.69) is 16.0 Å². The van der Waals surface area contributed by atoms with Crippen LogP contribution in [0, 0.1) is 0 Å². The van der Waals surface area contributed by atoms with Gasteiger partial charge >= 0.3 is 0 Å². The number of pyridine rings is 2. The lowest BCUT2D eigenvalue weighted by Crippen LogP contribution is -2.49. The number of para-hydroxylation sites is 2. The molecule has 1 fully saturated rings. The number of amides is 1. The fourth-order valence-corrected chi connectivity index (χ4v) is 4.42. The van der Waals surface area contributed by atoms with Crippen LogP contribution < -0.4 is 9.64 Å². The Morgan fingerprint density at radius 1 is 1.00 bits per heavy atom. The number of nitrogens with zero attached hydrogens (tertiary/aromatic N) is 4. The zero-order valence-corrected chi connectivity index (χ0v) is 19.0. The second kappa shape index (κ2) is 9.08. The maximum Gasteiger partial charge on any atom is 0.254 e. The van der Waals surface area contributed by atoms with Crippen LogP contribution in [0.5, 0.6) is 5.75 Å². The van der Waals surface area contributed by atoms with Gasteiger partial charge in [-0.2, -0.15) is 0 Å². The third kappa shape index (κ3) is 4.22. The Balaban J connectivity index is 1.45. The van der Waals surface area contributed by atoms with E-state index >= 15 is 0 Å². The fraction of sp³-hybridized carbons (Fsp3) is 0.192. The van der Waals surface area contributed by atoms with Crippen LogP contribution in [0.3, 0.4) is 0 Å². The van der Waals surface area contributed by atoms with Crippen molar-refractivity contribution in [3.05, 3.63) is 83.6 Å². The van der Waals surface area contributed by atoms with Gasteiger partial charge in [-0.15, -0.1) is 0 Å². The second-order valence-corrected chi connectivity index (χ2v) is 8.35.